The van der Waals surface area contributed by atoms with Crippen molar-refractivity contribution in [3.63, 3.8) is 0 Å². The molecule has 0 atom stereocenters. The van der Waals surface area contributed by atoms with E-state index in [0.29, 0.717) is 5.75 Å². The van der Waals surface area contributed by atoms with Crippen LogP contribution >= 0.6 is 0 Å². The van der Waals surface area contributed by atoms with E-state index in [0.717, 1.165) is 11.8 Å². The van der Waals surface area contributed by atoms with Gasteiger partial charge in [-0.1, -0.05) is 12.1 Å². The summed E-state index contributed by atoms with van der Waals surface area (Å²) < 4.78 is 41.9. The summed E-state index contributed by atoms with van der Waals surface area (Å²) in [5.41, 5.74) is -1.23. The number of halogens is 3. The van der Waals surface area contributed by atoms with Crippen molar-refractivity contribution >= 4 is 13.2 Å². The lowest BCUT2D eigenvalue weighted by atomic mass is 9.84. The van der Waals surface area contributed by atoms with Gasteiger partial charge in [0.25, 0.3) is 0 Å². The third-order valence-electron chi connectivity index (χ3n) is 2.52. The molecule has 0 aliphatic rings. The van der Waals surface area contributed by atoms with Crippen LogP contribution < -0.4 is 10.1 Å². The molecule has 108 valence electrons. The first kappa shape index (κ1) is 16.1. The van der Waals surface area contributed by atoms with Gasteiger partial charge in [0.1, 0.15) is 11.5 Å². The summed E-state index contributed by atoms with van der Waals surface area (Å²) in [6.07, 6.45) is -3.77. The minimum absolute atomic E-state index is 0.276. The lowest BCUT2D eigenvalue weighted by molar-refractivity contribution is -0.0587. The number of nitrogens with one attached hydrogen (secondary N) is 2. The number of alkyl halides is 3. The van der Waals surface area contributed by atoms with Crippen molar-refractivity contribution in [3.8, 4) is 5.75 Å². The summed E-state index contributed by atoms with van der Waals surface area (Å²) in [4.78, 5) is 0. The Morgan fingerprint density at radius 1 is 1.40 bits per heavy atom. The van der Waals surface area contributed by atoms with E-state index in [1.807, 2.05) is 0 Å². The first-order chi connectivity index (χ1) is 9.38. The van der Waals surface area contributed by atoms with Gasteiger partial charge < -0.3 is 15.1 Å². The minimum atomic E-state index is -4.77. The summed E-state index contributed by atoms with van der Waals surface area (Å²) in [6, 6.07) is 6.97. The molecule has 0 aromatic heterocycles. The van der Waals surface area contributed by atoms with Crippen molar-refractivity contribution in [2.45, 2.75) is 12.7 Å². The molecule has 0 unspecified atom stereocenters. The summed E-state index contributed by atoms with van der Waals surface area (Å²) in [5.74, 6) is 0.680. The van der Waals surface area contributed by atoms with Gasteiger partial charge >= 0.3 is 13.7 Å². The monoisotopic (exact) mass is 286 g/mol. The van der Waals surface area contributed by atoms with Crippen LogP contribution in [-0.2, 0) is 6.54 Å². The molecule has 8 heteroatoms. The topological polar surface area (TPSA) is 65.3 Å². The van der Waals surface area contributed by atoms with Crippen molar-refractivity contribution in [1.29, 1.82) is 5.41 Å². The highest BCUT2D eigenvalue weighted by Gasteiger charge is 2.36. The summed E-state index contributed by atoms with van der Waals surface area (Å²) in [6.45, 7) is 0.276. The Labute approximate surface area is 115 Å². The largest absolute Gasteiger partial charge is 0.497 e. The fourth-order valence-electron chi connectivity index (χ4n) is 1.41. The molecule has 1 rings (SSSR count). The highest BCUT2D eigenvalue weighted by atomic mass is 19.4. The normalized spacial score (nSPS) is 11.9. The molecule has 0 radical (unpaired) electrons. The Hall–Kier alpha value is -1.96. The predicted molar refractivity (Wildman–Crippen MR) is 71.1 cm³/mol. The van der Waals surface area contributed by atoms with Crippen LogP contribution in [0.2, 0.25) is 0 Å². The number of methoxy groups -OCH3 is 1. The molecule has 0 saturated heterocycles. The predicted octanol–water partition coefficient (Wildman–Crippen LogP) is 1.55. The van der Waals surface area contributed by atoms with Crippen molar-refractivity contribution < 1.29 is 22.9 Å². The van der Waals surface area contributed by atoms with Gasteiger partial charge in [0.2, 0.25) is 0 Å². The Morgan fingerprint density at radius 2 is 2.00 bits per heavy atom. The zero-order valence-electron chi connectivity index (χ0n) is 10.8. The highest BCUT2D eigenvalue weighted by molar-refractivity contribution is 6.48. The second kappa shape index (κ2) is 7.00. The fourth-order valence-corrected chi connectivity index (χ4v) is 1.41. The third kappa shape index (κ3) is 4.62. The van der Waals surface area contributed by atoms with Gasteiger partial charge in [-0.05, 0) is 29.4 Å². The maximum absolute atomic E-state index is 12.3. The molecular weight excluding hydrogens is 272 g/mol. The molecule has 0 bridgehead atoms. The molecular formula is C12H14BF3N2O2. The van der Waals surface area contributed by atoms with Crippen LogP contribution in [0.5, 0.6) is 5.75 Å². The Balaban J connectivity index is 2.63. The molecule has 0 aliphatic carbocycles. The maximum atomic E-state index is 12.3. The lowest BCUT2D eigenvalue weighted by Crippen LogP contribution is -2.27. The summed E-state index contributed by atoms with van der Waals surface area (Å²) in [7, 11) is 0.681. The van der Waals surface area contributed by atoms with Crippen molar-refractivity contribution in [2.75, 3.05) is 7.11 Å². The van der Waals surface area contributed by atoms with E-state index in [9.17, 15) is 13.2 Å². The van der Waals surface area contributed by atoms with Gasteiger partial charge in [0.05, 0.1) is 7.11 Å². The van der Waals surface area contributed by atoms with E-state index in [1.165, 1.54) is 7.11 Å². The summed E-state index contributed by atoms with van der Waals surface area (Å²) >= 11 is 0. The number of hydrogen-bond acceptors (Lipinski definition) is 4. The van der Waals surface area contributed by atoms with Gasteiger partial charge in [-0.15, -0.1) is 0 Å². The van der Waals surface area contributed by atoms with E-state index in [4.69, 9.17) is 15.2 Å². The van der Waals surface area contributed by atoms with Crippen LogP contribution in [0.1, 0.15) is 5.56 Å². The SMILES string of the molecule is COc1ccc(CN/C=C(/BO)C(=N)C(F)(F)F)cc1. The van der Waals surface area contributed by atoms with Crippen LogP contribution in [0.15, 0.2) is 35.9 Å². The quantitative estimate of drug-likeness (QED) is 0.549. The van der Waals surface area contributed by atoms with Gasteiger partial charge in [-0.25, -0.2) is 0 Å². The van der Waals surface area contributed by atoms with E-state index < -0.39 is 24.8 Å². The average Bonchev–Trinajstić information content (AvgIpc) is 2.42. The maximum Gasteiger partial charge on any atom is 0.432 e. The second-order valence-electron chi connectivity index (χ2n) is 3.93. The number of ether oxygens (including phenoxy) is 1. The van der Waals surface area contributed by atoms with Crippen LogP contribution in [0, 0.1) is 5.41 Å². The van der Waals surface area contributed by atoms with E-state index in [2.05, 4.69) is 5.32 Å². The van der Waals surface area contributed by atoms with Gasteiger partial charge in [0, 0.05) is 6.54 Å². The standard InChI is InChI=1S/C12H14BF3N2O2/c1-20-9-4-2-8(3-5-9)6-18-7-10(13-19)11(17)12(14,15)16/h2-5,7,13,17-19H,6H2,1H3/b10-7+,17-11?. The molecule has 1 aromatic rings. The molecule has 1 aromatic carbocycles. The average molecular weight is 286 g/mol. The van der Waals surface area contributed by atoms with Crippen molar-refractivity contribution in [1.82, 2.24) is 5.32 Å². The first-order valence-corrected chi connectivity index (χ1v) is 5.70. The smallest absolute Gasteiger partial charge is 0.432 e. The minimum Gasteiger partial charge on any atom is -0.497 e. The molecule has 0 heterocycles. The zero-order valence-corrected chi connectivity index (χ0v) is 10.8. The van der Waals surface area contributed by atoms with E-state index in [1.54, 1.807) is 24.3 Å². The van der Waals surface area contributed by atoms with E-state index >= 15 is 0 Å². The number of benzene rings is 1. The van der Waals surface area contributed by atoms with Crippen molar-refractivity contribution in [2.24, 2.45) is 0 Å². The molecule has 0 saturated carbocycles. The fraction of sp³-hybridized carbons (Fsp3) is 0.250. The van der Waals surface area contributed by atoms with Crippen molar-refractivity contribution in [3.05, 3.63) is 41.5 Å². The number of hydrogen-bond donors (Lipinski definition) is 3. The van der Waals surface area contributed by atoms with Gasteiger partial charge in [0.15, 0.2) is 0 Å². The lowest BCUT2D eigenvalue weighted by Gasteiger charge is -2.10. The molecule has 0 spiro atoms. The Morgan fingerprint density at radius 3 is 2.45 bits per heavy atom. The molecule has 0 fully saturated rings. The third-order valence-corrected chi connectivity index (χ3v) is 2.52. The number of allylic oxidation sites excluding steroid dienone is 1. The Bertz CT molecular complexity index is 486. The molecule has 3 N–H and O–H groups in total. The van der Waals surface area contributed by atoms with Crippen LogP contribution in [0.4, 0.5) is 13.2 Å². The van der Waals surface area contributed by atoms with E-state index in [-0.39, 0.29) is 6.54 Å². The molecule has 4 nitrogen and oxygen atoms in total. The van der Waals surface area contributed by atoms with Crippen LogP contribution in [0.25, 0.3) is 0 Å². The zero-order chi connectivity index (χ0) is 15.2. The highest BCUT2D eigenvalue weighted by Crippen LogP contribution is 2.20. The number of rotatable bonds is 6. The van der Waals surface area contributed by atoms with Gasteiger partial charge in [-0.3, -0.25) is 5.41 Å². The first-order valence-electron chi connectivity index (χ1n) is 5.70. The molecule has 0 amide bonds. The summed E-state index contributed by atoms with van der Waals surface area (Å²) in [5, 5.41) is 18.4. The van der Waals surface area contributed by atoms with Crippen LogP contribution in [-0.4, -0.2) is 31.5 Å². The molecule has 20 heavy (non-hydrogen) atoms. The van der Waals surface area contributed by atoms with Crippen LogP contribution in [0.3, 0.4) is 0 Å². The Kier molecular flexibility index (Phi) is 5.63. The second-order valence-corrected chi connectivity index (χ2v) is 3.93. The van der Waals surface area contributed by atoms with Gasteiger partial charge in [-0.2, -0.15) is 13.2 Å². The molecule has 0 aliphatic heterocycles.